The van der Waals surface area contributed by atoms with E-state index in [-0.39, 0.29) is 11.8 Å². The SMILES string of the molecule is NC1=NCC[C@]2(O1)c1cc(N)ccc1Oc1c2cc(C2=CCCOC2)nc1F. The summed E-state index contributed by atoms with van der Waals surface area (Å²) >= 11 is 0. The van der Waals surface area contributed by atoms with Crippen LogP contribution in [0.25, 0.3) is 5.57 Å². The van der Waals surface area contributed by atoms with Crippen molar-refractivity contribution in [2.45, 2.75) is 18.4 Å². The largest absolute Gasteiger partial charge is 0.452 e. The van der Waals surface area contributed by atoms with E-state index in [1.165, 1.54) is 0 Å². The van der Waals surface area contributed by atoms with E-state index in [1.54, 1.807) is 24.3 Å². The van der Waals surface area contributed by atoms with Crippen LogP contribution in [-0.2, 0) is 15.1 Å². The van der Waals surface area contributed by atoms with Gasteiger partial charge in [0.1, 0.15) is 5.75 Å². The topological polar surface area (TPSA) is 105 Å². The maximum Gasteiger partial charge on any atom is 0.283 e. The molecule has 144 valence electrons. The van der Waals surface area contributed by atoms with Gasteiger partial charge < -0.3 is 25.7 Å². The lowest BCUT2D eigenvalue weighted by Gasteiger charge is -2.41. The van der Waals surface area contributed by atoms with Gasteiger partial charge in [-0.15, -0.1) is 0 Å². The number of pyridine rings is 1. The van der Waals surface area contributed by atoms with Gasteiger partial charge in [-0.2, -0.15) is 4.39 Å². The summed E-state index contributed by atoms with van der Waals surface area (Å²) in [7, 11) is 0. The fourth-order valence-corrected chi connectivity index (χ4v) is 3.97. The zero-order valence-corrected chi connectivity index (χ0v) is 15.1. The van der Waals surface area contributed by atoms with Gasteiger partial charge in [-0.25, -0.2) is 9.98 Å². The third-order valence-electron chi connectivity index (χ3n) is 5.27. The number of nitrogen functional groups attached to an aromatic ring is 1. The van der Waals surface area contributed by atoms with E-state index in [1.807, 2.05) is 6.08 Å². The van der Waals surface area contributed by atoms with E-state index in [0.29, 0.717) is 54.4 Å². The first kappa shape index (κ1) is 17.0. The third-order valence-corrected chi connectivity index (χ3v) is 5.27. The highest BCUT2D eigenvalue weighted by Gasteiger charge is 2.48. The molecule has 0 saturated carbocycles. The molecule has 28 heavy (non-hydrogen) atoms. The molecule has 5 rings (SSSR count). The van der Waals surface area contributed by atoms with Gasteiger partial charge in [-0.1, -0.05) is 6.08 Å². The van der Waals surface area contributed by atoms with Crippen LogP contribution < -0.4 is 16.2 Å². The maximum atomic E-state index is 15.0. The second-order valence-electron chi connectivity index (χ2n) is 7.00. The highest BCUT2D eigenvalue weighted by atomic mass is 19.1. The van der Waals surface area contributed by atoms with Crippen molar-refractivity contribution in [3.05, 3.63) is 53.1 Å². The molecule has 0 amide bonds. The summed E-state index contributed by atoms with van der Waals surface area (Å²) in [6, 6.07) is 7.01. The molecule has 0 unspecified atom stereocenters. The quantitative estimate of drug-likeness (QED) is 0.580. The summed E-state index contributed by atoms with van der Waals surface area (Å²) in [5.74, 6) is -0.205. The van der Waals surface area contributed by atoms with Gasteiger partial charge in [-0.3, -0.25) is 0 Å². The molecular weight excluding hydrogens is 363 g/mol. The Labute approximate surface area is 160 Å². The van der Waals surface area contributed by atoms with E-state index in [9.17, 15) is 0 Å². The van der Waals surface area contributed by atoms with Crippen LogP contribution in [-0.4, -0.2) is 30.8 Å². The summed E-state index contributed by atoms with van der Waals surface area (Å²) in [5.41, 5.74) is 14.0. The summed E-state index contributed by atoms with van der Waals surface area (Å²) in [6.07, 6.45) is 3.24. The summed E-state index contributed by atoms with van der Waals surface area (Å²) < 4.78 is 32.5. The Balaban J connectivity index is 1.75. The third kappa shape index (κ3) is 2.52. The van der Waals surface area contributed by atoms with Crippen LogP contribution >= 0.6 is 0 Å². The van der Waals surface area contributed by atoms with Gasteiger partial charge in [0.15, 0.2) is 11.4 Å². The lowest BCUT2D eigenvalue weighted by molar-refractivity contribution is 0.0623. The van der Waals surface area contributed by atoms with Crippen LogP contribution in [0.3, 0.4) is 0 Å². The normalized spacial score (nSPS) is 23.0. The number of nitrogens with two attached hydrogens (primary N) is 2. The molecule has 1 atom stereocenters. The standard InChI is InChI=1S/C20H19FN4O3/c21-18-17-14(9-15(25-18)11-2-1-7-26-10-11)20(5-6-24-19(23)28-20)13-8-12(22)3-4-16(13)27-17/h2-4,8-9H,1,5-7,10,22H2,(H2,23,24)/t20-/m0/s1. The van der Waals surface area contributed by atoms with E-state index in [2.05, 4.69) is 9.98 Å². The number of ether oxygens (including phenoxy) is 3. The van der Waals surface area contributed by atoms with Gasteiger partial charge in [0.2, 0.25) is 0 Å². The average Bonchev–Trinajstić information content (AvgIpc) is 2.70. The first-order valence-corrected chi connectivity index (χ1v) is 9.12. The number of fused-ring (bicyclic) bond motifs is 4. The number of hydrogen-bond donors (Lipinski definition) is 2. The van der Waals surface area contributed by atoms with Crippen molar-refractivity contribution in [1.82, 2.24) is 4.98 Å². The van der Waals surface area contributed by atoms with Crippen molar-refractivity contribution in [2.75, 3.05) is 25.5 Å². The van der Waals surface area contributed by atoms with E-state index in [0.717, 1.165) is 12.0 Å². The van der Waals surface area contributed by atoms with Crippen LogP contribution in [0.1, 0.15) is 29.7 Å². The zero-order chi connectivity index (χ0) is 19.3. The van der Waals surface area contributed by atoms with Crippen LogP contribution in [0.2, 0.25) is 0 Å². The van der Waals surface area contributed by atoms with Crippen molar-refractivity contribution in [3.8, 4) is 11.5 Å². The number of aliphatic imine (C=N–C) groups is 1. The Morgan fingerprint density at radius 2 is 2.04 bits per heavy atom. The van der Waals surface area contributed by atoms with Crippen molar-refractivity contribution < 1.29 is 18.6 Å². The van der Waals surface area contributed by atoms with Crippen molar-refractivity contribution in [3.63, 3.8) is 0 Å². The predicted octanol–water partition coefficient (Wildman–Crippen LogP) is 2.69. The first-order valence-electron chi connectivity index (χ1n) is 9.12. The molecule has 1 spiro atoms. The van der Waals surface area contributed by atoms with E-state index >= 15 is 4.39 Å². The van der Waals surface area contributed by atoms with Crippen molar-refractivity contribution in [2.24, 2.45) is 10.7 Å². The molecule has 3 aliphatic heterocycles. The molecule has 0 radical (unpaired) electrons. The first-order chi connectivity index (χ1) is 13.6. The summed E-state index contributed by atoms with van der Waals surface area (Å²) in [6.45, 7) is 1.46. The Bertz CT molecular complexity index is 1040. The molecule has 4 N–H and O–H groups in total. The highest BCUT2D eigenvalue weighted by molar-refractivity contribution is 5.75. The number of amidine groups is 1. The van der Waals surface area contributed by atoms with E-state index < -0.39 is 11.5 Å². The number of hydrogen-bond acceptors (Lipinski definition) is 7. The van der Waals surface area contributed by atoms with Crippen molar-refractivity contribution >= 4 is 17.3 Å². The second kappa shape index (κ2) is 6.20. The summed E-state index contributed by atoms with van der Waals surface area (Å²) in [4.78, 5) is 8.26. The smallest absolute Gasteiger partial charge is 0.283 e. The fourth-order valence-electron chi connectivity index (χ4n) is 3.97. The van der Waals surface area contributed by atoms with Crippen LogP contribution in [0.4, 0.5) is 10.1 Å². The molecule has 1 aromatic carbocycles. The minimum atomic E-state index is -1.04. The zero-order valence-electron chi connectivity index (χ0n) is 15.1. The molecule has 8 heteroatoms. The molecule has 0 saturated heterocycles. The number of benzene rings is 1. The number of halogens is 1. The molecule has 4 heterocycles. The predicted molar refractivity (Wildman–Crippen MR) is 102 cm³/mol. The molecule has 1 aromatic heterocycles. The summed E-state index contributed by atoms with van der Waals surface area (Å²) in [5, 5.41) is 0. The van der Waals surface area contributed by atoms with E-state index in [4.69, 9.17) is 25.7 Å². The average molecular weight is 382 g/mol. The molecule has 7 nitrogen and oxygen atoms in total. The molecule has 0 bridgehead atoms. The molecule has 0 fully saturated rings. The van der Waals surface area contributed by atoms with Crippen LogP contribution in [0.15, 0.2) is 35.3 Å². The van der Waals surface area contributed by atoms with Gasteiger partial charge in [0.25, 0.3) is 12.0 Å². The minimum Gasteiger partial charge on any atom is -0.452 e. The molecule has 3 aliphatic rings. The van der Waals surface area contributed by atoms with Gasteiger partial charge in [0, 0.05) is 29.8 Å². The fraction of sp³-hybridized carbons (Fsp3) is 0.300. The van der Waals surface area contributed by atoms with Crippen LogP contribution in [0.5, 0.6) is 11.5 Å². The highest BCUT2D eigenvalue weighted by Crippen LogP contribution is 2.53. The number of aromatic nitrogens is 1. The number of anilines is 1. The Morgan fingerprint density at radius 3 is 2.82 bits per heavy atom. The van der Waals surface area contributed by atoms with Gasteiger partial charge in [-0.05, 0) is 36.3 Å². The van der Waals surface area contributed by atoms with Crippen LogP contribution in [0, 0.1) is 5.95 Å². The van der Waals surface area contributed by atoms with Crippen molar-refractivity contribution in [1.29, 1.82) is 0 Å². The number of rotatable bonds is 1. The minimum absolute atomic E-state index is 0.0352. The Morgan fingerprint density at radius 1 is 1.14 bits per heavy atom. The second-order valence-corrected chi connectivity index (χ2v) is 7.00. The van der Waals surface area contributed by atoms with Gasteiger partial charge >= 0.3 is 0 Å². The Hall–Kier alpha value is -3.13. The lowest BCUT2D eigenvalue weighted by atomic mass is 9.79. The molecule has 0 aliphatic carbocycles. The molecule has 2 aromatic rings. The monoisotopic (exact) mass is 382 g/mol. The van der Waals surface area contributed by atoms with Gasteiger partial charge in [0.05, 0.1) is 18.9 Å². The molecular formula is C20H19FN4O3. The lowest BCUT2D eigenvalue weighted by Crippen LogP contribution is -2.43. The number of nitrogens with zero attached hydrogens (tertiary/aromatic N) is 2. The Kier molecular flexibility index (Phi) is 3.77. The maximum absolute atomic E-state index is 15.0.